The van der Waals surface area contributed by atoms with Crippen molar-refractivity contribution in [3.8, 4) is 0 Å². The lowest BCUT2D eigenvalue weighted by atomic mass is 9.99. The Kier molecular flexibility index (Phi) is 51.1. The lowest BCUT2D eigenvalue weighted by molar-refractivity contribution is -0.161. The van der Waals surface area contributed by atoms with E-state index in [2.05, 4.69) is 55.4 Å². The highest BCUT2D eigenvalue weighted by atomic mass is 31.2. The van der Waals surface area contributed by atoms with Gasteiger partial charge in [0.25, 0.3) is 0 Å². The van der Waals surface area contributed by atoms with Crippen molar-refractivity contribution in [1.29, 1.82) is 0 Å². The van der Waals surface area contributed by atoms with Crippen LogP contribution < -0.4 is 0 Å². The van der Waals surface area contributed by atoms with Gasteiger partial charge in [-0.2, -0.15) is 0 Å². The molecule has 0 heterocycles. The number of ether oxygens (including phenoxy) is 4. The molecule has 0 aromatic rings. The van der Waals surface area contributed by atoms with E-state index in [-0.39, 0.29) is 25.7 Å². The second-order valence-electron chi connectivity index (χ2n) is 23.9. The van der Waals surface area contributed by atoms with E-state index < -0.39 is 97.5 Å². The van der Waals surface area contributed by atoms with Gasteiger partial charge in [-0.3, -0.25) is 37.3 Å². The smallest absolute Gasteiger partial charge is 0.462 e. The predicted molar refractivity (Wildman–Crippen MR) is 321 cm³/mol. The lowest BCUT2D eigenvalue weighted by Crippen LogP contribution is -2.30. The van der Waals surface area contributed by atoms with Crippen molar-refractivity contribution >= 4 is 39.5 Å². The summed E-state index contributed by atoms with van der Waals surface area (Å²) in [4.78, 5) is 72.1. The molecule has 0 spiro atoms. The van der Waals surface area contributed by atoms with Gasteiger partial charge in [-0.05, 0) is 49.4 Å². The van der Waals surface area contributed by atoms with E-state index in [4.69, 9.17) is 37.0 Å². The lowest BCUT2D eigenvalue weighted by Gasteiger charge is -2.21. The number of aliphatic hydroxyl groups is 1. The van der Waals surface area contributed by atoms with Gasteiger partial charge in [0.15, 0.2) is 12.2 Å². The third kappa shape index (κ3) is 54.5. The maximum atomic E-state index is 12.9. The molecule has 480 valence electrons. The SMILES string of the molecule is CCC(C)CCCCCCCCCCC(=O)O[C@H](COC(=O)CCCCCCCCCC(C)C)COP(=O)(O)OC[C@@H](O)COP(=O)(O)OC[C@@H](COC(=O)CCCCCCCCC(C)C)OC(=O)CCCCCCCCC(C)CC. The number of hydrogen-bond donors (Lipinski definition) is 3. The summed E-state index contributed by atoms with van der Waals surface area (Å²) in [6, 6.07) is 0. The Hall–Kier alpha value is -1.94. The molecule has 0 fully saturated rings. The zero-order valence-electron chi connectivity index (χ0n) is 52.4. The van der Waals surface area contributed by atoms with Crippen LogP contribution >= 0.6 is 15.6 Å². The average molecular weight is 1200 g/mol. The van der Waals surface area contributed by atoms with Crippen molar-refractivity contribution in [2.45, 2.75) is 311 Å². The Morgan fingerprint density at radius 1 is 0.346 bits per heavy atom. The van der Waals surface area contributed by atoms with Gasteiger partial charge in [0, 0.05) is 25.7 Å². The monoisotopic (exact) mass is 1200 g/mol. The molecule has 4 unspecified atom stereocenters. The Bertz CT molecular complexity index is 1630. The van der Waals surface area contributed by atoms with Crippen molar-refractivity contribution < 1.29 is 80.2 Å². The number of aliphatic hydroxyl groups excluding tert-OH is 1. The minimum atomic E-state index is -4.94. The highest BCUT2D eigenvalue weighted by Gasteiger charge is 2.30. The Morgan fingerprint density at radius 2 is 0.593 bits per heavy atom. The summed E-state index contributed by atoms with van der Waals surface area (Å²) in [7, 11) is -9.89. The molecule has 0 aromatic carbocycles. The first-order chi connectivity index (χ1) is 38.7. The van der Waals surface area contributed by atoms with Crippen LogP contribution in [0.1, 0.15) is 293 Å². The molecule has 0 aliphatic heterocycles. The van der Waals surface area contributed by atoms with Crippen LogP contribution in [0.3, 0.4) is 0 Å². The van der Waals surface area contributed by atoms with Crippen LogP contribution in [0.4, 0.5) is 0 Å². The standard InChI is InChI=1S/C62H120O17P2/c1-9-54(7)40-32-24-15-11-12-16-28-36-44-61(66)78-57(48-72-59(64)42-34-26-17-13-14-22-30-38-52(3)4)50-76-80(68,69)74-46-56(63)47-75-81(70,71)77-51-58(49-73-60(65)43-35-27-20-18-23-31-39-53(5)6)79-62(67)45-37-29-21-19-25-33-41-55(8)10-2/h52-58,63H,9-51H2,1-8H3,(H,68,69)(H,70,71)/t54?,55?,56-,57-,58-/m1/s1. The highest BCUT2D eigenvalue weighted by molar-refractivity contribution is 7.47. The van der Waals surface area contributed by atoms with Crippen LogP contribution in [-0.2, 0) is 65.4 Å². The molecule has 17 nitrogen and oxygen atoms in total. The summed E-state index contributed by atoms with van der Waals surface area (Å²) < 4.78 is 67.9. The molecule has 0 amide bonds. The molecule has 0 saturated heterocycles. The van der Waals surface area contributed by atoms with E-state index in [0.717, 1.165) is 115 Å². The summed E-state index contributed by atoms with van der Waals surface area (Å²) in [5, 5.41) is 10.5. The fourth-order valence-corrected chi connectivity index (χ4v) is 10.6. The first kappa shape index (κ1) is 79.1. The van der Waals surface area contributed by atoms with Gasteiger partial charge >= 0.3 is 39.5 Å². The fraction of sp³-hybridized carbons (Fsp3) is 0.935. The molecule has 0 aliphatic rings. The van der Waals surface area contributed by atoms with E-state index in [0.29, 0.717) is 37.5 Å². The first-order valence-corrected chi connectivity index (χ1v) is 35.3. The van der Waals surface area contributed by atoms with Gasteiger partial charge in [0.05, 0.1) is 26.4 Å². The topological polar surface area (TPSA) is 237 Å². The molecule has 0 bridgehead atoms. The molecule has 81 heavy (non-hydrogen) atoms. The summed E-state index contributed by atoms with van der Waals surface area (Å²) in [5.74, 6) is 0.727. The minimum Gasteiger partial charge on any atom is -0.462 e. The van der Waals surface area contributed by atoms with Crippen LogP contribution in [0.25, 0.3) is 0 Å². The van der Waals surface area contributed by atoms with E-state index >= 15 is 0 Å². The molecule has 3 N–H and O–H groups in total. The second-order valence-corrected chi connectivity index (χ2v) is 26.8. The fourth-order valence-electron chi connectivity index (χ4n) is 9.01. The maximum Gasteiger partial charge on any atom is 0.472 e. The third-order valence-corrected chi connectivity index (χ3v) is 16.7. The Morgan fingerprint density at radius 3 is 0.877 bits per heavy atom. The van der Waals surface area contributed by atoms with E-state index in [1.54, 1.807) is 0 Å². The normalized spacial score (nSPS) is 15.2. The summed E-state index contributed by atoms with van der Waals surface area (Å²) in [6.45, 7) is 13.9. The van der Waals surface area contributed by atoms with Gasteiger partial charge in [0.2, 0.25) is 0 Å². The zero-order valence-corrected chi connectivity index (χ0v) is 54.2. The number of phosphoric acid groups is 2. The second kappa shape index (κ2) is 52.4. The van der Waals surface area contributed by atoms with Crippen LogP contribution in [-0.4, -0.2) is 96.7 Å². The van der Waals surface area contributed by atoms with Gasteiger partial charge in [-0.1, -0.05) is 242 Å². The largest absolute Gasteiger partial charge is 0.472 e. The minimum absolute atomic E-state index is 0.101. The summed E-state index contributed by atoms with van der Waals surface area (Å²) in [5.41, 5.74) is 0. The summed E-state index contributed by atoms with van der Waals surface area (Å²) >= 11 is 0. The van der Waals surface area contributed by atoms with Gasteiger partial charge in [-0.25, -0.2) is 9.13 Å². The molecule has 0 saturated carbocycles. The quantitative estimate of drug-likeness (QED) is 0.0222. The Labute approximate surface area is 492 Å². The molecule has 7 atom stereocenters. The van der Waals surface area contributed by atoms with Crippen LogP contribution in [0.5, 0.6) is 0 Å². The molecular weight excluding hydrogens is 1080 g/mol. The van der Waals surface area contributed by atoms with Crippen LogP contribution in [0, 0.1) is 23.7 Å². The molecule has 19 heteroatoms. The molecule has 0 aromatic heterocycles. The third-order valence-electron chi connectivity index (χ3n) is 14.8. The van der Waals surface area contributed by atoms with Crippen molar-refractivity contribution in [2.24, 2.45) is 23.7 Å². The number of rotatable bonds is 59. The van der Waals surface area contributed by atoms with E-state index in [1.165, 1.54) is 83.5 Å². The van der Waals surface area contributed by atoms with Crippen molar-refractivity contribution in [3.63, 3.8) is 0 Å². The number of unbranched alkanes of at least 4 members (excludes halogenated alkanes) is 23. The number of phosphoric ester groups is 2. The summed E-state index contributed by atoms with van der Waals surface area (Å²) in [6.07, 6.45) is 30.9. The van der Waals surface area contributed by atoms with Crippen molar-refractivity contribution in [3.05, 3.63) is 0 Å². The van der Waals surface area contributed by atoms with E-state index in [1.807, 2.05) is 0 Å². The number of carbonyl (C=O) groups excluding carboxylic acids is 4. The first-order valence-electron chi connectivity index (χ1n) is 32.3. The van der Waals surface area contributed by atoms with Crippen LogP contribution in [0.2, 0.25) is 0 Å². The molecule has 0 rings (SSSR count). The van der Waals surface area contributed by atoms with E-state index in [9.17, 15) is 43.2 Å². The zero-order chi connectivity index (χ0) is 60.4. The van der Waals surface area contributed by atoms with Gasteiger partial charge < -0.3 is 33.8 Å². The Balaban J connectivity index is 5.26. The molecule has 0 radical (unpaired) electrons. The van der Waals surface area contributed by atoms with Gasteiger partial charge in [-0.15, -0.1) is 0 Å². The predicted octanol–water partition coefficient (Wildman–Crippen LogP) is 16.6. The van der Waals surface area contributed by atoms with Crippen molar-refractivity contribution in [2.75, 3.05) is 39.6 Å². The van der Waals surface area contributed by atoms with Crippen LogP contribution in [0.15, 0.2) is 0 Å². The highest BCUT2D eigenvalue weighted by Crippen LogP contribution is 2.45. The number of carbonyl (C=O) groups is 4. The number of hydrogen-bond acceptors (Lipinski definition) is 15. The maximum absolute atomic E-state index is 12.9. The molecule has 0 aliphatic carbocycles. The van der Waals surface area contributed by atoms with Crippen molar-refractivity contribution in [1.82, 2.24) is 0 Å². The number of esters is 4. The van der Waals surface area contributed by atoms with Gasteiger partial charge in [0.1, 0.15) is 19.3 Å². The average Bonchev–Trinajstić information content (AvgIpc) is 3.42. The molecular formula is C62H120O17P2.